The van der Waals surface area contributed by atoms with Gasteiger partial charge < -0.3 is 10.4 Å². The second-order valence-corrected chi connectivity index (χ2v) is 3.63. The molecule has 0 unspecified atom stereocenters. The summed E-state index contributed by atoms with van der Waals surface area (Å²) in [5.41, 5.74) is 2.05. The zero-order valence-corrected chi connectivity index (χ0v) is 9.34. The lowest BCUT2D eigenvalue weighted by atomic mass is 10.1. The third-order valence-electron chi connectivity index (χ3n) is 2.27. The quantitative estimate of drug-likeness (QED) is 0.829. The highest BCUT2D eigenvalue weighted by Gasteiger charge is 2.04. The van der Waals surface area contributed by atoms with Crippen molar-refractivity contribution in [2.45, 2.75) is 6.92 Å². The third-order valence-corrected chi connectivity index (χ3v) is 2.27. The van der Waals surface area contributed by atoms with Crippen LogP contribution in [0, 0.1) is 0 Å². The number of carbonyl (C=O) groups is 1. The Morgan fingerprint density at radius 2 is 1.94 bits per heavy atom. The molecule has 0 bridgehead atoms. The summed E-state index contributed by atoms with van der Waals surface area (Å²) in [5, 5.41) is 12.3. The summed E-state index contributed by atoms with van der Waals surface area (Å²) in [6.07, 6.45) is 1.62. The number of hydrogen-bond donors (Lipinski definition) is 2. The van der Waals surface area contributed by atoms with E-state index in [2.05, 4.69) is 10.3 Å². The molecule has 0 atom stereocenters. The predicted octanol–water partition coefficient (Wildman–Crippen LogP) is 2.41. The van der Waals surface area contributed by atoms with Gasteiger partial charge in [-0.25, -0.2) is 0 Å². The number of nitrogens with zero attached hydrogens (tertiary/aromatic N) is 1. The van der Waals surface area contributed by atoms with Crippen molar-refractivity contribution >= 4 is 11.6 Å². The Hall–Kier alpha value is -2.36. The molecule has 0 radical (unpaired) electrons. The number of amides is 1. The molecule has 0 saturated heterocycles. The number of aromatic nitrogens is 1. The van der Waals surface area contributed by atoms with E-state index in [9.17, 15) is 9.90 Å². The minimum atomic E-state index is -0.113. The topological polar surface area (TPSA) is 62.2 Å². The van der Waals surface area contributed by atoms with Crippen molar-refractivity contribution < 1.29 is 9.90 Å². The highest BCUT2D eigenvalue weighted by atomic mass is 16.3. The third kappa shape index (κ3) is 2.60. The van der Waals surface area contributed by atoms with Crippen LogP contribution in [0.3, 0.4) is 0 Å². The van der Waals surface area contributed by atoms with Gasteiger partial charge in [-0.05, 0) is 24.3 Å². The van der Waals surface area contributed by atoms with Crippen LogP contribution in [-0.4, -0.2) is 16.0 Å². The first-order chi connectivity index (χ1) is 8.16. The predicted molar refractivity (Wildman–Crippen MR) is 65.6 cm³/mol. The van der Waals surface area contributed by atoms with Gasteiger partial charge in [0.05, 0.1) is 0 Å². The molecule has 1 aromatic heterocycles. The smallest absolute Gasteiger partial charge is 0.221 e. The number of aromatic hydroxyl groups is 1. The van der Waals surface area contributed by atoms with Gasteiger partial charge in [0.1, 0.15) is 11.4 Å². The van der Waals surface area contributed by atoms with Crippen molar-refractivity contribution in [3.05, 3.63) is 42.6 Å². The summed E-state index contributed by atoms with van der Waals surface area (Å²) in [6.45, 7) is 1.46. The van der Waals surface area contributed by atoms with Gasteiger partial charge in [-0.1, -0.05) is 12.1 Å². The van der Waals surface area contributed by atoms with E-state index in [1.54, 1.807) is 42.6 Å². The number of benzene rings is 1. The van der Waals surface area contributed by atoms with Gasteiger partial charge in [-0.15, -0.1) is 0 Å². The Kier molecular flexibility index (Phi) is 3.05. The van der Waals surface area contributed by atoms with E-state index in [0.717, 1.165) is 11.3 Å². The molecule has 2 rings (SSSR count). The molecule has 0 aliphatic rings. The van der Waals surface area contributed by atoms with Crippen LogP contribution in [0.5, 0.6) is 5.75 Å². The van der Waals surface area contributed by atoms with E-state index in [4.69, 9.17) is 0 Å². The van der Waals surface area contributed by atoms with Crippen LogP contribution in [0.2, 0.25) is 0 Å². The molecule has 0 fully saturated rings. The van der Waals surface area contributed by atoms with Gasteiger partial charge in [0.2, 0.25) is 5.91 Å². The molecule has 0 saturated carbocycles. The summed E-state index contributed by atoms with van der Waals surface area (Å²) in [7, 11) is 0. The number of anilines is 1. The normalized spacial score (nSPS) is 9.94. The average molecular weight is 228 g/mol. The maximum Gasteiger partial charge on any atom is 0.221 e. The monoisotopic (exact) mass is 228 g/mol. The fourth-order valence-corrected chi connectivity index (χ4v) is 1.53. The molecule has 1 aromatic carbocycles. The van der Waals surface area contributed by atoms with Crippen molar-refractivity contribution in [2.24, 2.45) is 0 Å². The molecule has 0 aliphatic heterocycles. The van der Waals surface area contributed by atoms with Crippen molar-refractivity contribution in [3.8, 4) is 17.0 Å². The Labute approximate surface area is 98.9 Å². The molecule has 1 amide bonds. The number of nitrogens with one attached hydrogen (secondary N) is 1. The fourth-order valence-electron chi connectivity index (χ4n) is 1.53. The summed E-state index contributed by atoms with van der Waals surface area (Å²) in [6, 6.07) is 10.4. The van der Waals surface area contributed by atoms with Crippen LogP contribution in [0.4, 0.5) is 5.69 Å². The van der Waals surface area contributed by atoms with Crippen LogP contribution >= 0.6 is 0 Å². The largest absolute Gasteiger partial charge is 0.506 e. The van der Waals surface area contributed by atoms with Gasteiger partial charge in [-0.3, -0.25) is 9.78 Å². The highest BCUT2D eigenvalue weighted by Crippen LogP contribution is 2.26. The standard InChI is InChI=1S/C13H12N2O2/c1-9(16)15-11-6-4-10(5-7-11)13-12(17)3-2-8-14-13/h2-8,17H,1H3,(H,15,16). The molecule has 1 heterocycles. The Morgan fingerprint density at radius 3 is 2.53 bits per heavy atom. The Bertz CT molecular complexity index is 535. The zero-order chi connectivity index (χ0) is 12.3. The Morgan fingerprint density at radius 1 is 1.24 bits per heavy atom. The van der Waals surface area contributed by atoms with Gasteiger partial charge in [-0.2, -0.15) is 0 Å². The molecule has 2 aromatic rings. The van der Waals surface area contributed by atoms with Crippen LogP contribution in [-0.2, 0) is 4.79 Å². The van der Waals surface area contributed by atoms with Crippen LogP contribution in [0.25, 0.3) is 11.3 Å². The first-order valence-corrected chi connectivity index (χ1v) is 5.19. The minimum Gasteiger partial charge on any atom is -0.506 e. The van der Waals surface area contributed by atoms with E-state index in [0.29, 0.717) is 5.69 Å². The molecule has 0 spiro atoms. The van der Waals surface area contributed by atoms with Crippen molar-refractivity contribution in [3.63, 3.8) is 0 Å². The van der Waals surface area contributed by atoms with Crippen LogP contribution < -0.4 is 5.32 Å². The summed E-state index contributed by atoms with van der Waals surface area (Å²) in [4.78, 5) is 15.0. The number of carbonyl (C=O) groups excluding carboxylic acids is 1. The number of rotatable bonds is 2. The fraction of sp³-hybridized carbons (Fsp3) is 0.0769. The number of hydrogen-bond acceptors (Lipinski definition) is 3. The summed E-state index contributed by atoms with van der Waals surface area (Å²) >= 11 is 0. The van der Waals surface area contributed by atoms with Gasteiger partial charge in [0, 0.05) is 24.4 Å². The second-order valence-electron chi connectivity index (χ2n) is 3.63. The van der Waals surface area contributed by atoms with E-state index in [1.807, 2.05) is 0 Å². The van der Waals surface area contributed by atoms with Crippen molar-refractivity contribution in [2.75, 3.05) is 5.32 Å². The van der Waals surface area contributed by atoms with E-state index in [-0.39, 0.29) is 11.7 Å². The van der Waals surface area contributed by atoms with Crippen molar-refractivity contribution in [1.29, 1.82) is 0 Å². The minimum absolute atomic E-state index is 0.113. The van der Waals surface area contributed by atoms with E-state index < -0.39 is 0 Å². The second kappa shape index (κ2) is 4.65. The van der Waals surface area contributed by atoms with E-state index in [1.165, 1.54) is 6.92 Å². The lowest BCUT2D eigenvalue weighted by molar-refractivity contribution is -0.114. The first-order valence-electron chi connectivity index (χ1n) is 5.19. The molecule has 0 aliphatic carbocycles. The lowest BCUT2D eigenvalue weighted by Gasteiger charge is -2.05. The highest BCUT2D eigenvalue weighted by molar-refractivity contribution is 5.89. The molecular formula is C13H12N2O2. The van der Waals surface area contributed by atoms with Crippen LogP contribution in [0.15, 0.2) is 42.6 Å². The lowest BCUT2D eigenvalue weighted by Crippen LogP contribution is -2.05. The molecule has 2 N–H and O–H groups in total. The number of pyridine rings is 1. The molecule has 17 heavy (non-hydrogen) atoms. The van der Waals surface area contributed by atoms with Crippen LogP contribution in [0.1, 0.15) is 6.92 Å². The maximum atomic E-state index is 10.9. The molecule has 86 valence electrons. The SMILES string of the molecule is CC(=O)Nc1ccc(-c2ncccc2O)cc1. The molecular weight excluding hydrogens is 216 g/mol. The first kappa shape index (κ1) is 11.1. The maximum absolute atomic E-state index is 10.9. The zero-order valence-electron chi connectivity index (χ0n) is 9.34. The van der Waals surface area contributed by atoms with Gasteiger partial charge in [0.15, 0.2) is 0 Å². The van der Waals surface area contributed by atoms with Gasteiger partial charge >= 0.3 is 0 Å². The Balaban J connectivity index is 2.30. The molecule has 4 nitrogen and oxygen atoms in total. The molecule has 4 heteroatoms. The summed E-state index contributed by atoms with van der Waals surface area (Å²) in [5.74, 6) is 0.0261. The van der Waals surface area contributed by atoms with Gasteiger partial charge in [0.25, 0.3) is 0 Å². The van der Waals surface area contributed by atoms with E-state index >= 15 is 0 Å². The average Bonchev–Trinajstić information content (AvgIpc) is 2.30. The van der Waals surface area contributed by atoms with Crippen molar-refractivity contribution in [1.82, 2.24) is 4.98 Å². The summed E-state index contributed by atoms with van der Waals surface area (Å²) < 4.78 is 0.